The highest BCUT2D eigenvalue weighted by molar-refractivity contribution is 5.95. The number of pyridine rings is 1. The molecule has 8 nitrogen and oxygen atoms in total. The molecule has 0 saturated heterocycles. The number of carbonyl (C=O) groups excluding carboxylic acids is 2. The quantitative estimate of drug-likeness (QED) is 0.480. The molecule has 2 heterocycles. The summed E-state index contributed by atoms with van der Waals surface area (Å²) < 4.78 is 80.1. The minimum atomic E-state index is -5.09. The van der Waals surface area contributed by atoms with E-state index in [1.54, 1.807) is 18.0 Å². The maximum atomic E-state index is 13.1. The topological polar surface area (TPSA) is 93.0 Å². The van der Waals surface area contributed by atoms with E-state index in [-0.39, 0.29) is 29.7 Å². The van der Waals surface area contributed by atoms with Crippen LogP contribution in [0.15, 0.2) is 42.9 Å². The van der Waals surface area contributed by atoms with Gasteiger partial charge in [0.25, 0.3) is 11.8 Å². The number of carbonyl (C=O) groups is 2. The highest BCUT2D eigenvalue weighted by atomic mass is 19.4. The summed E-state index contributed by atoms with van der Waals surface area (Å²) in [7, 11) is 1.70. The predicted molar refractivity (Wildman–Crippen MR) is 117 cm³/mol. The highest BCUT2D eigenvalue weighted by Gasteiger charge is 2.37. The van der Waals surface area contributed by atoms with Crippen molar-refractivity contribution in [3.63, 3.8) is 0 Å². The molecule has 37 heavy (non-hydrogen) atoms. The fraction of sp³-hybridized carbons (Fsp3) is 0.348. The van der Waals surface area contributed by atoms with Gasteiger partial charge in [-0.05, 0) is 50.1 Å². The first-order valence-electron chi connectivity index (χ1n) is 11.0. The smallest absolute Gasteiger partial charge is 0.342 e. The zero-order valence-electron chi connectivity index (χ0n) is 19.4. The molecule has 2 amide bonds. The number of nitrogens with one attached hydrogen (secondary N) is 1. The number of halogens is 6. The monoisotopic (exact) mass is 526 g/mol. The molecule has 1 N–H and O–H groups in total. The molecule has 0 radical (unpaired) electrons. The normalized spacial score (nSPS) is 14.8. The summed E-state index contributed by atoms with van der Waals surface area (Å²) in [5.41, 5.74) is -3.67. The first kappa shape index (κ1) is 26.1. The van der Waals surface area contributed by atoms with Gasteiger partial charge in [0.15, 0.2) is 11.6 Å². The maximum Gasteiger partial charge on any atom is 0.416 e. The Kier molecular flexibility index (Phi) is 6.69. The lowest BCUT2D eigenvalue weighted by molar-refractivity contribution is -0.143. The summed E-state index contributed by atoms with van der Waals surface area (Å²) in [6.07, 6.45) is -5.79. The van der Waals surface area contributed by atoms with Gasteiger partial charge in [0.1, 0.15) is 6.33 Å². The highest BCUT2D eigenvalue weighted by Crippen LogP contribution is 2.36. The summed E-state index contributed by atoms with van der Waals surface area (Å²) in [5.74, 6) is -1.02. The number of benzene rings is 1. The van der Waals surface area contributed by atoms with Crippen LogP contribution < -0.4 is 5.32 Å². The Morgan fingerprint density at radius 3 is 2.14 bits per heavy atom. The Morgan fingerprint density at radius 2 is 1.62 bits per heavy atom. The summed E-state index contributed by atoms with van der Waals surface area (Å²) in [4.78, 5) is 35.0. The molecule has 14 heteroatoms. The van der Waals surface area contributed by atoms with Crippen LogP contribution in [0.3, 0.4) is 0 Å². The van der Waals surface area contributed by atoms with Crippen LogP contribution in [0.5, 0.6) is 0 Å². The minimum absolute atomic E-state index is 0.0562. The standard InChI is InChI=1S/C23H20F6N6O2/c1-12(33-20(36)14-7-15(22(24,25)26)9-16(8-14)23(27,28)29)19-31-11-32-35(19)18-6-3-13(10-30-18)21(37)34(2)17-4-5-17/h3,6-12,17H,4-5H2,1-2H3,(H,33,36). The second-order valence-corrected chi connectivity index (χ2v) is 8.57. The van der Waals surface area contributed by atoms with Crippen molar-refractivity contribution in [3.05, 3.63) is 70.9 Å². The van der Waals surface area contributed by atoms with Crippen LogP contribution in [0.4, 0.5) is 26.3 Å². The zero-order valence-corrected chi connectivity index (χ0v) is 19.4. The Hall–Kier alpha value is -3.97. The number of hydrogen-bond acceptors (Lipinski definition) is 5. The average Bonchev–Trinajstić information content (AvgIpc) is 3.57. The van der Waals surface area contributed by atoms with Crippen LogP contribution >= 0.6 is 0 Å². The van der Waals surface area contributed by atoms with E-state index in [0.29, 0.717) is 17.7 Å². The van der Waals surface area contributed by atoms with Gasteiger partial charge in [0.2, 0.25) is 0 Å². The van der Waals surface area contributed by atoms with E-state index in [9.17, 15) is 35.9 Å². The molecule has 1 unspecified atom stereocenters. The van der Waals surface area contributed by atoms with E-state index in [0.717, 1.165) is 19.2 Å². The lowest BCUT2D eigenvalue weighted by atomic mass is 10.0. The number of hydrogen-bond donors (Lipinski definition) is 1. The van der Waals surface area contributed by atoms with Crippen molar-refractivity contribution in [2.24, 2.45) is 0 Å². The van der Waals surface area contributed by atoms with Crippen molar-refractivity contribution < 1.29 is 35.9 Å². The first-order chi connectivity index (χ1) is 17.3. The molecule has 3 aromatic rings. The molecule has 1 aliphatic rings. The van der Waals surface area contributed by atoms with Gasteiger partial charge < -0.3 is 10.2 Å². The van der Waals surface area contributed by atoms with E-state index >= 15 is 0 Å². The van der Waals surface area contributed by atoms with Gasteiger partial charge in [-0.1, -0.05) is 0 Å². The lowest BCUT2D eigenvalue weighted by Crippen LogP contribution is -2.30. The van der Waals surface area contributed by atoms with Gasteiger partial charge in [-0.3, -0.25) is 9.59 Å². The molecule has 1 fully saturated rings. The number of rotatable bonds is 6. The van der Waals surface area contributed by atoms with Crippen LogP contribution in [0.1, 0.15) is 63.5 Å². The van der Waals surface area contributed by atoms with Gasteiger partial charge in [0.05, 0.1) is 22.7 Å². The SMILES string of the molecule is CC(NC(=O)c1cc(C(F)(F)F)cc(C(F)(F)F)c1)c1ncnn1-c1ccc(C(=O)N(C)C2CC2)cn1. The number of aromatic nitrogens is 4. The summed E-state index contributed by atoms with van der Waals surface area (Å²) >= 11 is 0. The van der Waals surface area contributed by atoms with E-state index < -0.39 is 41.0 Å². The average molecular weight is 526 g/mol. The van der Waals surface area contributed by atoms with E-state index in [1.807, 2.05) is 0 Å². The van der Waals surface area contributed by atoms with Gasteiger partial charge >= 0.3 is 12.4 Å². The molecule has 2 aromatic heterocycles. The van der Waals surface area contributed by atoms with Crippen molar-refractivity contribution in [1.82, 2.24) is 30.0 Å². The predicted octanol–water partition coefficient (Wildman–Crippen LogP) is 4.43. The summed E-state index contributed by atoms with van der Waals surface area (Å²) in [6.45, 7) is 1.43. The third-order valence-electron chi connectivity index (χ3n) is 5.79. The van der Waals surface area contributed by atoms with Gasteiger partial charge in [-0.15, -0.1) is 0 Å². The minimum Gasteiger partial charge on any atom is -0.342 e. The fourth-order valence-electron chi connectivity index (χ4n) is 3.62. The first-order valence-corrected chi connectivity index (χ1v) is 11.0. The van der Waals surface area contributed by atoms with Crippen LogP contribution in [-0.4, -0.2) is 49.6 Å². The molecular formula is C23H20F6N6O2. The van der Waals surface area contributed by atoms with Crippen molar-refractivity contribution in [2.75, 3.05) is 7.05 Å². The largest absolute Gasteiger partial charge is 0.416 e. The van der Waals surface area contributed by atoms with Gasteiger partial charge in [0, 0.05) is 24.8 Å². The van der Waals surface area contributed by atoms with Crippen LogP contribution in [0.2, 0.25) is 0 Å². The Bertz CT molecular complexity index is 1280. The molecule has 4 rings (SSSR count). The van der Waals surface area contributed by atoms with E-state index in [1.165, 1.54) is 23.9 Å². The van der Waals surface area contributed by atoms with Crippen molar-refractivity contribution in [1.29, 1.82) is 0 Å². The van der Waals surface area contributed by atoms with Gasteiger partial charge in [-0.25, -0.2) is 9.97 Å². The third kappa shape index (κ3) is 5.73. The molecule has 0 aliphatic heterocycles. The molecular weight excluding hydrogens is 506 g/mol. The second-order valence-electron chi connectivity index (χ2n) is 8.57. The van der Waals surface area contributed by atoms with Crippen molar-refractivity contribution >= 4 is 11.8 Å². The van der Waals surface area contributed by atoms with Crippen LogP contribution in [0.25, 0.3) is 5.82 Å². The van der Waals surface area contributed by atoms with Gasteiger partial charge in [-0.2, -0.15) is 36.1 Å². The van der Waals surface area contributed by atoms with Crippen LogP contribution in [0, 0.1) is 0 Å². The molecule has 0 bridgehead atoms. The number of nitrogens with zero attached hydrogens (tertiary/aromatic N) is 5. The van der Waals surface area contributed by atoms with Crippen molar-refractivity contribution in [3.8, 4) is 5.82 Å². The molecule has 1 aliphatic carbocycles. The fourth-order valence-corrected chi connectivity index (χ4v) is 3.62. The number of amides is 2. The maximum absolute atomic E-state index is 13.1. The Morgan fingerprint density at radius 1 is 1.00 bits per heavy atom. The van der Waals surface area contributed by atoms with E-state index in [2.05, 4.69) is 20.4 Å². The molecule has 1 atom stereocenters. The molecule has 1 aromatic carbocycles. The number of alkyl halides is 6. The Labute approximate surface area is 206 Å². The molecule has 196 valence electrons. The Balaban J connectivity index is 1.54. The third-order valence-corrected chi connectivity index (χ3v) is 5.79. The van der Waals surface area contributed by atoms with E-state index in [4.69, 9.17) is 0 Å². The second kappa shape index (κ2) is 9.48. The summed E-state index contributed by atoms with van der Waals surface area (Å²) in [5, 5.41) is 6.37. The summed E-state index contributed by atoms with van der Waals surface area (Å²) in [6, 6.07) is 2.91. The van der Waals surface area contributed by atoms with Crippen molar-refractivity contribution in [2.45, 2.75) is 44.2 Å². The van der Waals surface area contributed by atoms with Crippen LogP contribution in [-0.2, 0) is 12.4 Å². The molecule has 0 spiro atoms. The molecule has 1 saturated carbocycles. The lowest BCUT2D eigenvalue weighted by Gasteiger charge is -2.17. The zero-order chi connectivity index (χ0) is 27.1.